The monoisotopic (exact) mass is 233 g/mol. The number of nitrogens with zero attached hydrogens (tertiary/aromatic N) is 2. The molecule has 1 unspecified atom stereocenters. The molecule has 1 aliphatic rings. The molecule has 17 heavy (non-hydrogen) atoms. The third-order valence-electron chi connectivity index (χ3n) is 3.05. The van der Waals surface area contributed by atoms with E-state index < -0.39 is 0 Å². The second-order valence-electron chi connectivity index (χ2n) is 4.23. The first-order chi connectivity index (χ1) is 8.13. The van der Waals surface area contributed by atoms with Crippen molar-refractivity contribution in [3.63, 3.8) is 0 Å². The Morgan fingerprint density at radius 2 is 2.24 bits per heavy atom. The Morgan fingerprint density at radius 3 is 2.82 bits per heavy atom. The van der Waals surface area contributed by atoms with E-state index in [9.17, 15) is 4.79 Å². The highest BCUT2D eigenvalue weighted by molar-refractivity contribution is 6.40. The van der Waals surface area contributed by atoms with Crippen LogP contribution in [0.4, 0.5) is 5.69 Å². The standard InChI is InChI=1S/C12H15N3O2/c1-8-6-11(14-17)12(16)15(8)7-9-4-2-3-5-10(9)13/h2-5,8,17H,6-7,13H2,1H3/b14-11+. The molecule has 1 saturated heterocycles. The Kier molecular flexibility index (Phi) is 2.99. The predicted octanol–water partition coefficient (Wildman–Crippen LogP) is 1.22. The van der Waals surface area contributed by atoms with Crippen LogP contribution < -0.4 is 5.73 Å². The van der Waals surface area contributed by atoms with Crippen LogP contribution in [0.15, 0.2) is 29.4 Å². The van der Waals surface area contributed by atoms with E-state index in [0.29, 0.717) is 18.7 Å². The summed E-state index contributed by atoms with van der Waals surface area (Å²) >= 11 is 0. The first-order valence-electron chi connectivity index (χ1n) is 5.48. The van der Waals surface area contributed by atoms with Crippen LogP contribution in [0.5, 0.6) is 0 Å². The summed E-state index contributed by atoms with van der Waals surface area (Å²) in [4.78, 5) is 13.5. The number of anilines is 1. The van der Waals surface area contributed by atoms with Gasteiger partial charge in [0.05, 0.1) is 0 Å². The molecule has 0 radical (unpaired) electrons. The van der Waals surface area contributed by atoms with Gasteiger partial charge in [0.15, 0.2) is 0 Å². The van der Waals surface area contributed by atoms with Crippen LogP contribution in [0.1, 0.15) is 18.9 Å². The largest absolute Gasteiger partial charge is 0.410 e. The zero-order valence-electron chi connectivity index (χ0n) is 9.63. The maximum Gasteiger partial charge on any atom is 0.272 e. The molecule has 3 N–H and O–H groups in total. The molecule has 5 nitrogen and oxygen atoms in total. The van der Waals surface area contributed by atoms with Crippen molar-refractivity contribution < 1.29 is 10.0 Å². The summed E-state index contributed by atoms with van der Waals surface area (Å²) in [7, 11) is 0. The van der Waals surface area contributed by atoms with E-state index in [1.165, 1.54) is 0 Å². The fraction of sp³-hybridized carbons (Fsp3) is 0.333. The number of para-hydroxylation sites is 1. The lowest BCUT2D eigenvalue weighted by atomic mass is 10.1. The molecule has 0 spiro atoms. The summed E-state index contributed by atoms with van der Waals surface area (Å²) in [6, 6.07) is 7.48. The van der Waals surface area contributed by atoms with Crippen LogP contribution in [0, 0.1) is 0 Å². The van der Waals surface area contributed by atoms with Crippen LogP contribution in [0.3, 0.4) is 0 Å². The molecule has 0 aliphatic carbocycles. The van der Waals surface area contributed by atoms with Gasteiger partial charge < -0.3 is 15.8 Å². The summed E-state index contributed by atoms with van der Waals surface area (Å²) < 4.78 is 0. The number of amides is 1. The maximum atomic E-state index is 11.9. The highest BCUT2D eigenvalue weighted by atomic mass is 16.4. The maximum absolute atomic E-state index is 11.9. The number of rotatable bonds is 2. The molecule has 0 saturated carbocycles. The number of oxime groups is 1. The molecule has 1 aliphatic heterocycles. The van der Waals surface area contributed by atoms with Crippen LogP contribution in [-0.4, -0.2) is 27.8 Å². The molecule has 1 atom stereocenters. The molecule has 1 aromatic rings. The van der Waals surface area contributed by atoms with Crippen molar-refractivity contribution in [3.8, 4) is 0 Å². The van der Waals surface area contributed by atoms with Gasteiger partial charge in [0.1, 0.15) is 5.71 Å². The fourth-order valence-corrected chi connectivity index (χ4v) is 2.02. The van der Waals surface area contributed by atoms with Crippen molar-refractivity contribution >= 4 is 17.3 Å². The van der Waals surface area contributed by atoms with Gasteiger partial charge in [-0.2, -0.15) is 0 Å². The summed E-state index contributed by atoms with van der Waals surface area (Å²) in [5.41, 5.74) is 7.63. The topological polar surface area (TPSA) is 78.9 Å². The molecular formula is C12H15N3O2. The number of hydrogen-bond acceptors (Lipinski definition) is 4. The van der Waals surface area contributed by atoms with Gasteiger partial charge >= 0.3 is 0 Å². The molecule has 2 rings (SSSR count). The van der Waals surface area contributed by atoms with E-state index in [1.54, 1.807) is 4.90 Å². The Morgan fingerprint density at radius 1 is 1.53 bits per heavy atom. The van der Waals surface area contributed by atoms with Gasteiger partial charge in [-0.05, 0) is 18.6 Å². The van der Waals surface area contributed by atoms with Gasteiger partial charge in [-0.1, -0.05) is 23.4 Å². The van der Waals surface area contributed by atoms with Gasteiger partial charge in [-0.3, -0.25) is 4.79 Å². The molecule has 5 heteroatoms. The first-order valence-corrected chi connectivity index (χ1v) is 5.48. The Bertz CT molecular complexity index is 471. The highest BCUT2D eigenvalue weighted by Gasteiger charge is 2.34. The Hall–Kier alpha value is -2.04. The number of carbonyl (C=O) groups excluding carboxylic acids is 1. The smallest absolute Gasteiger partial charge is 0.272 e. The van der Waals surface area contributed by atoms with E-state index in [4.69, 9.17) is 10.9 Å². The number of benzene rings is 1. The zero-order valence-corrected chi connectivity index (χ0v) is 9.63. The summed E-state index contributed by atoms with van der Waals surface area (Å²) in [5.74, 6) is -0.219. The number of likely N-dealkylation sites (tertiary alicyclic amines) is 1. The third-order valence-corrected chi connectivity index (χ3v) is 3.05. The molecule has 1 heterocycles. The SMILES string of the molecule is CC1C/C(=N\O)C(=O)N1Cc1ccccc1N. The van der Waals surface area contributed by atoms with Gasteiger partial charge in [-0.15, -0.1) is 0 Å². The average molecular weight is 233 g/mol. The van der Waals surface area contributed by atoms with Crippen molar-refractivity contribution in [2.24, 2.45) is 5.16 Å². The third kappa shape index (κ3) is 2.08. The zero-order chi connectivity index (χ0) is 12.4. The second-order valence-corrected chi connectivity index (χ2v) is 4.23. The molecule has 0 aromatic heterocycles. The lowest BCUT2D eigenvalue weighted by molar-refractivity contribution is -0.124. The molecular weight excluding hydrogens is 218 g/mol. The van der Waals surface area contributed by atoms with Gasteiger partial charge in [0.2, 0.25) is 0 Å². The van der Waals surface area contributed by atoms with Crippen LogP contribution >= 0.6 is 0 Å². The Balaban J connectivity index is 2.20. The molecule has 0 bridgehead atoms. The van der Waals surface area contributed by atoms with Crippen molar-refractivity contribution in [3.05, 3.63) is 29.8 Å². The van der Waals surface area contributed by atoms with Crippen molar-refractivity contribution in [1.82, 2.24) is 4.90 Å². The molecule has 1 amide bonds. The van der Waals surface area contributed by atoms with Crippen LogP contribution in [0.25, 0.3) is 0 Å². The van der Waals surface area contributed by atoms with E-state index in [1.807, 2.05) is 31.2 Å². The molecule has 1 aromatic carbocycles. The van der Waals surface area contributed by atoms with E-state index in [-0.39, 0.29) is 17.7 Å². The Labute approximate surface area is 99.5 Å². The number of hydrogen-bond donors (Lipinski definition) is 2. The number of carbonyl (C=O) groups is 1. The minimum atomic E-state index is -0.219. The normalized spacial score (nSPS) is 22.4. The molecule has 90 valence electrons. The lowest BCUT2D eigenvalue weighted by Gasteiger charge is -2.21. The van der Waals surface area contributed by atoms with Crippen molar-refractivity contribution in [2.45, 2.75) is 25.9 Å². The quantitative estimate of drug-likeness (QED) is 0.458. The number of nitrogens with two attached hydrogens (primary N) is 1. The van der Waals surface area contributed by atoms with Crippen molar-refractivity contribution in [1.29, 1.82) is 0 Å². The van der Waals surface area contributed by atoms with Gasteiger partial charge in [-0.25, -0.2) is 0 Å². The van der Waals surface area contributed by atoms with E-state index in [0.717, 1.165) is 5.56 Å². The van der Waals surface area contributed by atoms with Crippen LogP contribution in [0.2, 0.25) is 0 Å². The summed E-state index contributed by atoms with van der Waals surface area (Å²) in [6.07, 6.45) is 0.474. The highest BCUT2D eigenvalue weighted by Crippen LogP contribution is 2.21. The predicted molar refractivity (Wildman–Crippen MR) is 64.7 cm³/mol. The van der Waals surface area contributed by atoms with E-state index >= 15 is 0 Å². The average Bonchev–Trinajstić information content (AvgIpc) is 2.59. The van der Waals surface area contributed by atoms with E-state index in [2.05, 4.69) is 5.16 Å². The minimum absolute atomic E-state index is 0.0352. The minimum Gasteiger partial charge on any atom is -0.410 e. The first kappa shape index (κ1) is 11.4. The number of nitrogen functional groups attached to an aromatic ring is 1. The fourth-order valence-electron chi connectivity index (χ4n) is 2.02. The second kappa shape index (κ2) is 4.45. The van der Waals surface area contributed by atoms with Gasteiger partial charge in [0.25, 0.3) is 5.91 Å². The van der Waals surface area contributed by atoms with Crippen molar-refractivity contribution in [2.75, 3.05) is 5.73 Å². The molecule has 1 fully saturated rings. The van der Waals surface area contributed by atoms with Crippen LogP contribution in [-0.2, 0) is 11.3 Å². The summed E-state index contributed by atoms with van der Waals surface area (Å²) in [5, 5.41) is 11.7. The van der Waals surface area contributed by atoms with Gasteiger partial charge in [0, 0.05) is 24.7 Å². The lowest BCUT2D eigenvalue weighted by Crippen LogP contribution is -2.32. The summed E-state index contributed by atoms with van der Waals surface area (Å²) in [6.45, 7) is 2.38.